The highest BCUT2D eigenvalue weighted by atomic mass is 32.1. The van der Waals surface area contributed by atoms with E-state index >= 15 is 0 Å². The van der Waals surface area contributed by atoms with Crippen LogP contribution >= 0.6 is 11.3 Å². The highest BCUT2D eigenvalue weighted by molar-refractivity contribution is 7.13. The third-order valence-corrected chi connectivity index (χ3v) is 5.77. The molecule has 1 aromatic heterocycles. The smallest absolute Gasteiger partial charge is 0.273 e. The summed E-state index contributed by atoms with van der Waals surface area (Å²) in [7, 11) is 1.69. The first-order valence-corrected chi connectivity index (χ1v) is 10.9. The minimum Gasteiger partial charge on any atom is -0.489 e. The van der Waals surface area contributed by atoms with E-state index in [1.807, 2.05) is 30.3 Å². The van der Waals surface area contributed by atoms with Gasteiger partial charge in [0.1, 0.15) is 28.9 Å². The van der Waals surface area contributed by atoms with Gasteiger partial charge in [0.25, 0.3) is 5.91 Å². The van der Waals surface area contributed by atoms with E-state index in [2.05, 4.69) is 4.98 Å². The molecular formula is C25H19F3N2O2S. The normalized spacial score (nSPS) is 10.8. The minimum atomic E-state index is -0.971. The Hall–Kier alpha value is -3.65. The van der Waals surface area contributed by atoms with Crippen molar-refractivity contribution < 1.29 is 22.7 Å². The molecule has 0 aliphatic carbocycles. The number of carbonyl (C=O) groups excluding carboxylic acids is 1. The Morgan fingerprint density at radius 2 is 1.73 bits per heavy atom. The lowest BCUT2D eigenvalue weighted by molar-refractivity contribution is 0.0780. The summed E-state index contributed by atoms with van der Waals surface area (Å²) in [6.45, 7) is 0.393. The molecule has 0 unspecified atom stereocenters. The SMILES string of the molecule is CN(Cc1ccccc1)C(=O)c1csc(-c2ccc(OCc3ccc(F)c(F)c3)cc2F)n1. The van der Waals surface area contributed by atoms with Gasteiger partial charge in [-0.25, -0.2) is 18.2 Å². The van der Waals surface area contributed by atoms with E-state index in [0.29, 0.717) is 17.1 Å². The number of aromatic nitrogens is 1. The van der Waals surface area contributed by atoms with Crippen LogP contribution in [-0.4, -0.2) is 22.8 Å². The lowest BCUT2D eigenvalue weighted by atomic mass is 10.2. The van der Waals surface area contributed by atoms with Crippen molar-refractivity contribution in [2.45, 2.75) is 13.2 Å². The van der Waals surface area contributed by atoms with Crippen LogP contribution in [0, 0.1) is 17.5 Å². The van der Waals surface area contributed by atoms with E-state index in [4.69, 9.17) is 4.74 Å². The van der Waals surface area contributed by atoms with E-state index in [-0.39, 0.29) is 29.5 Å². The van der Waals surface area contributed by atoms with Crippen molar-refractivity contribution in [2.24, 2.45) is 0 Å². The van der Waals surface area contributed by atoms with Crippen LogP contribution in [0.2, 0.25) is 0 Å². The molecule has 0 aliphatic rings. The molecule has 4 aromatic rings. The number of rotatable bonds is 7. The molecule has 0 saturated carbocycles. The summed E-state index contributed by atoms with van der Waals surface area (Å²) in [5, 5.41) is 1.97. The van der Waals surface area contributed by atoms with Crippen molar-refractivity contribution in [3.05, 3.63) is 106 Å². The zero-order chi connectivity index (χ0) is 23.4. The molecule has 4 nitrogen and oxygen atoms in total. The lowest BCUT2D eigenvalue weighted by Crippen LogP contribution is -2.26. The second-order valence-electron chi connectivity index (χ2n) is 7.36. The van der Waals surface area contributed by atoms with E-state index in [9.17, 15) is 18.0 Å². The molecule has 0 bridgehead atoms. The Balaban J connectivity index is 1.43. The van der Waals surface area contributed by atoms with Crippen LogP contribution in [0.5, 0.6) is 5.75 Å². The second-order valence-corrected chi connectivity index (χ2v) is 8.22. The summed E-state index contributed by atoms with van der Waals surface area (Å²) in [5.41, 5.74) is 1.89. The van der Waals surface area contributed by atoms with Crippen LogP contribution < -0.4 is 4.74 Å². The monoisotopic (exact) mass is 468 g/mol. The van der Waals surface area contributed by atoms with E-state index in [1.165, 1.54) is 29.5 Å². The van der Waals surface area contributed by atoms with Crippen molar-refractivity contribution in [3.63, 3.8) is 0 Å². The first kappa shape index (κ1) is 22.5. The molecule has 0 N–H and O–H groups in total. The highest BCUT2D eigenvalue weighted by Gasteiger charge is 2.18. The number of amides is 1. The van der Waals surface area contributed by atoms with Gasteiger partial charge in [-0.2, -0.15) is 0 Å². The fourth-order valence-electron chi connectivity index (χ4n) is 3.18. The van der Waals surface area contributed by atoms with Crippen molar-refractivity contribution in [3.8, 4) is 16.3 Å². The van der Waals surface area contributed by atoms with Crippen molar-refractivity contribution in [1.82, 2.24) is 9.88 Å². The molecule has 3 aromatic carbocycles. The summed E-state index contributed by atoms with van der Waals surface area (Å²) in [5.74, 6) is -2.50. The van der Waals surface area contributed by atoms with Crippen LogP contribution in [0.3, 0.4) is 0 Å². The van der Waals surface area contributed by atoms with Gasteiger partial charge in [0.05, 0.1) is 0 Å². The molecular weight excluding hydrogens is 449 g/mol. The van der Waals surface area contributed by atoms with E-state index in [0.717, 1.165) is 17.7 Å². The maximum absolute atomic E-state index is 14.7. The molecule has 0 fully saturated rings. The van der Waals surface area contributed by atoms with Gasteiger partial charge in [-0.3, -0.25) is 4.79 Å². The third kappa shape index (κ3) is 5.40. The van der Waals surface area contributed by atoms with Crippen molar-refractivity contribution in [2.75, 3.05) is 7.05 Å². The molecule has 0 spiro atoms. The Kier molecular flexibility index (Phi) is 6.74. The summed E-state index contributed by atoms with van der Waals surface area (Å²) in [6.07, 6.45) is 0. The molecule has 4 rings (SSSR count). The number of carbonyl (C=O) groups is 1. The Labute approximate surface area is 192 Å². The van der Waals surface area contributed by atoms with Gasteiger partial charge in [0, 0.05) is 30.6 Å². The number of nitrogens with zero attached hydrogens (tertiary/aromatic N) is 2. The summed E-state index contributed by atoms with van der Waals surface area (Å²) >= 11 is 1.17. The quantitative estimate of drug-likeness (QED) is 0.330. The summed E-state index contributed by atoms with van der Waals surface area (Å²) in [4.78, 5) is 18.6. The number of thiazole rings is 1. The van der Waals surface area contributed by atoms with Crippen LogP contribution in [0.25, 0.3) is 10.6 Å². The van der Waals surface area contributed by atoms with Gasteiger partial charge in [-0.05, 0) is 35.4 Å². The zero-order valence-electron chi connectivity index (χ0n) is 17.6. The van der Waals surface area contributed by atoms with Gasteiger partial charge >= 0.3 is 0 Å². The van der Waals surface area contributed by atoms with Gasteiger partial charge in [0.15, 0.2) is 11.6 Å². The van der Waals surface area contributed by atoms with Crippen LogP contribution in [0.4, 0.5) is 13.2 Å². The first-order valence-electron chi connectivity index (χ1n) is 10.0. The summed E-state index contributed by atoms with van der Waals surface area (Å²) in [6, 6.07) is 17.3. The fourth-order valence-corrected chi connectivity index (χ4v) is 4.00. The van der Waals surface area contributed by atoms with Gasteiger partial charge < -0.3 is 9.64 Å². The maximum Gasteiger partial charge on any atom is 0.273 e. The second kappa shape index (κ2) is 9.87. The number of hydrogen-bond donors (Lipinski definition) is 0. The first-order chi connectivity index (χ1) is 15.9. The largest absolute Gasteiger partial charge is 0.489 e. The average molecular weight is 469 g/mol. The molecule has 0 atom stereocenters. The molecule has 8 heteroatoms. The molecule has 0 saturated heterocycles. The number of ether oxygens (including phenoxy) is 1. The Bertz CT molecular complexity index is 1280. The lowest BCUT2D eigenvalue weighted by Gasteiger charge is -2.15. The molecule has 0 aliphatic heterocycles. The van der Waals surface area contributed by atoms with Crippen LogP contribution in [0.15, 0.2) is 72.1 Å². The van der Waals surface area contributed by atoms with Gasteiger partial charge in [0.2, 0.25) is 0 Å². The van der Waals surface area contributed by atoms with Gasteiger partial charge in [-0.1, -0.05) is 36.4 Å². The Morgan fingerprint density at radius 1 is 0.939 bits per heavy atom. The topological polar surface area (TPSA) is 42.4 Å². The van der Waals surface area contributed by atoms with Crippen molar-refractivity contribution in [1.29, 1.82) is 0 Å². The number of hydrogen-bond acceptors (Lipinski definition) is 4. The predicted molar refractivity (Wildman–Crippen MR) is 120 cm³/mol. The number of halogens is 3. The predicted octanol–water partition coefficient (Wildman–Crippen LogP) is 6.08. The third-order valence-electron chi connectivity index (χ3n) is 4.89. The van der Waals surface area contributed by atoms with Crippen molar-refractivity contribution >= 4 is 17.2 Å². The summed E-state index contributed by atoms with van der Waals surface area (Å²) < 4.78 is 46.5. The molecule has 1 amide bonds. The number of benzene rings is 3. The fraction of sp³-hybridized carbons (Fsp3) is 0.120. The molecule has 0 radical (unpaired) electrons. The maximum atomic E-state index is 14.7. The van der Waals surface area contributed by atoms with Gasteiger partial charge in [-0.15, -0.1) is 11.3 Å². The zero-order valence-corrected chi connectivity index (χ0v) is 18.4. The molecule has 33 heavy (non-hydrogen) atoms. The Morgan fingerprint density at radius 3 is 2.45 bits per heavy atom. The van der Waals surface area contributed by atoms with Crippen LogP contribution in [-0.2, 0) is 13.2 Å². The molecule has 1 heterocycles. The minimum absolute atomic E-state index is 0.0420. The molecule has 168 valence electrons. The standard InChI is InChI=1S/C25H19F3N2O2S/c1-30(13-16-5-3-2-4-6-16)25(31)23-15-33-24(29-23)19-9-8-18(12-21(19)27)32-14-17-7-10-20(26)22(28)11-17/h2-12,15H,13-14H2,1H3. The van der Waals surface area contributed by atoms with E-state index < -0.39 is 17.5 Å². The highest BCUT2D eigenvalue weighted by Crippen LogP contribution is 2.29. The average Bonchev–Trinajstić information content (AvgIpc) is 3.30. The van der Waals surface area contributed by atoms with E-state index in [1.54, 1.807) is 23.4 Å². The van der Waals surface area contributed by atoms with Crippen LogP contribution in [0.1, 0.15) is 21.6 Å².